The van der Waals surface area contributed by atoms with Gasteiger partial charge in [0.2, 0.25) is 0 Å². The van der Waals surface area contributed by atoms with Crippen LogP contribution in [-0.2, 0) is 11.3 Å². The Morgan fingerprint density at radius 3 is 2.90 bits per heavy atom. The highest BCUT2D eigenvalue weighted by Gasteiger charge is 2.35. The molecule has 0 amide bonds. The Kier molecular flexibility index (Phi) is 5.55. The predicted octanol–water partition coefficient (Wildman–Crippen LogP) is 2.29. The minimum absolute atomic E-state index is 0.254. The van der Waals surface area contributed by atoms with E-state index in [0.717, 1.165) is 44.3 Å². The first-order valence-corrected chi connectivity index (χ1v) is 8.28. The van der Waals surface area contributed by atoms with Gasteiger partial charge in [0.25, 0.3) is 0 Å². The fourth-order valence-electron chi connectivity index (χ4n) is 2.78. The summed E-state index contributed by atoms with van der Waals surface area (Å²) in [7, 11) is 2.18. The molecule has 2 heterocycles. The molecule has 1 saturated heterocycles. The van der Waals surface area contributed by atoms with Gasteiger partial charge in [-0.3, -0.25) is 4.90 Å². The standard InChI is InChI=1S/C15H27N3OS/c1-12(2)16-9-15(5-6-19-11-15)10-18(4)7-14-8-20-13(3)17-14/h8,12,16H,5-7,9-11H2,1-4H3. The van der Waals surface area contributed by atoms with Crippen LogP contribution in [0.5, 0.6) is 0 Å². The molecular formula is C15H27N3OS. The van der Waals surface area contributed by atoms with E-state index in [4.69, 9.17) is 4.74 Å². The fraction of sp³-hybridized carbons (Fsp3) is 0.800. The molecule has 1 fully saturated rings. The van der Waals surface area contributed by atoms with Crippen LogP contribution < -0.4 is 5.32 Å². The van der Waals surface area contributed by atoms with Crippen LogP contribution in [0.25, 0.3) is 0 Å². The molecule has 1 aliphatic heterocycles. The molecule has 5 heteroatoms. The van der Waals surface area contributed by atoms with Crippen molar-refractivity contribution in [2.75, 3.05) is 33.4 Å². The Morgan fingerprint density at radius 1 is 1.55 bits per heavy atom. The van der Waals surface area contributed by atoms with Gasteiger partial charge in [-0.1, -0.05) is 13.8 Å². The van der Waals surface area contributed by atoms with Gasteiger partial charge in [0.15, 0.2) is 0 Å². The van der Waals surface area contributed by atoms with E-state index in [1.54, 1.807) is 11.3 Å². The third kappa shape index (κ3) is 4.52. The summed E-state index contributed by atoms with van der Waals surface area (Å²) in [5.41, 5.74) is 1.44. The van der Waals surface area contributed by atoms with E-state index in [-0.39, 0.29) is 5.41 Å². The summed E-state index contributed by atoms with van der Waals surface area (Å²) in [5.74, 6) is 0. The molecule has 20 heavy (non-hydrogen) atoms. The second kappa shape index (κ2) is 6.98. The number of nitrogens with zero attached hydrogens (tertiary/aromatic N) is 2. The number of hydrogen-bond donors (Lipinski definition) is 1. The molecule has 0 aliphatic carbocycles. The minimum atomic E-state index is 0.254. The third-order valence-electron chi connectivity index (χ3n) is 3.77. The maximum absolute atomic E-state index is 5.67. The number of hydrogen-bond acceptors (Lipinski definition) is 5. The summed E-state index contributed by atoms with van der Waals surface area (Å²) >= 11 is 1.73. The zero-order valence-electron chi connectivity index (χ0n) is 13.1. The average molecular weight is 297 g/mol. The maximum Gasteiger partial charge on any atom is 0.0897 e. The van der Waals surface area contributed by atoms with Crippen molar-refractivity contribution >= 4 is 11.3 Å². The van der Waals surface area contributed by atoms with E-state index >= 15 is 0 Å². The van der Waals surface area contributed by atoms with Gasteiger partial charge >= 0.3 is 0 Å². The van der Waals surface area contributed by atoms with Gasteiger partial charge in [-0.2, -0.15) is 0 Å². The summed E-state index contributed by atoms with van der Waals surface area (Å²) < 4.78 is 5.67. The Morgan fingerprint density at radius 2 is 2.35 bits per heavy atom. The highest BCUT2D eigenvalue weighted by molar-refractivity contribution is 7.09. The quantitative estimate of drug-likeness (QED) is 0.838. The highest BCUT2D eigenvalue weighted by atomic mass is 32.1. The van der Waals surface area contributed by atoms with Crippen molar-refractivity contribution in [1.29, 1.82) is 0 Å². The van der Waals surface area contributed by atoms with E-state index < -0.39 is 0 Å². The van der Waals surface area contributed by atoms with Crippen molar-refractivity contribution in [2.45, 2.75) is 39.8 Å². The molecule has 0 saturated carbocycles. The number of ether oxygens (including phenoxy) is 1. The van der Waals surface area contributed by atoms with Crippen LogP contribution in [0, 0.1) is 12.3 Å². The van der Waals surface area contributed by atoms with Crippen molar-refractivity contribution < 1.29 is 4.74 Å². The Balaban J connectivity index is 1.90. The lowest BCUT2D eigenvalue weighted by Gasteiger charge is -2.33. The van der Waals surface area contributed by atoms with Gasteiger partial charge in [-0.05, 0) is 20.4 Å². The molecule has 0 spiro atoms. The summed E-state index contributed by atoms with van der Waals surface area (Å²) in [4.78, 5) is 6.93. The number of nitrogens with one attached hydrogen (secondary N) is 1. The Labute approximate surface area is 126 Å². The molecule has 114 valence electrons. The SMILES string of the molecule is Cc1nc(CN(C)CC2(CNC(C)C)CCOC2)cs1. The van der Waals surface area contributed by atoms with Gasteiger partial charge < -0.3 is 10.1 Å². The number of thiazole rings is 1. The zero-order chi connectivity index (χ0) is 14.6. The molecule has 0 radical (unpaired) electrons. The van der Waals surface area contributed by atoms with Crippen LogP contribution in [-0.4, -0.2) is 49.3 Å². The van der Waals surface area contributed by atoms with Crippen molar-refractivity contribution in [3.05, 3.63) is 16.1 Å². The third-order valence-corrected chi connectivity index (χ3v) is 4.60. The molecular weight excluding hydrogens is 270 g/mol. The van der Waals surface area contributed by atoms with Crippen molar-refractivity contribution in [3.63, 3.8) is 0 Å². The summed E-state index contributed by atoms with van der Waals surface area (Å²) in [6.45, 7) is 11.2. The van der Waals surface area contributed by atoms with E-state index in [2.05, 4.69) is 48.4 Å². The number of rotatable bonds is 7. The molecule has 4 nitrogen and oxygen atoms in total. The average Bonchev–Trinajstić information content (AvgIpc) is 2.97. The van der Waals surface area contributed by atoms with Crippen LogP contribution in [0.2, 0.25) is 0 Å². The molecule has 1 aromatic heterocycles. The van der Waals surface area contributed by atoms with E-state index in [0.29, 0.717) is 6.04 Å². The zero-order valence-corrected chi connectivity index (χ0v) is 13.9. The van der Waals surface area contributed by atoms with Gasteiger partial charge in [-0.25, -0.2) is 4.98 Å². The molecule has 1 aliphatic rings. The predicted molar refractivity (Wildman–Crippen MR) is 84.2 cm³/mol. The van der Waals surface area contributed by atoms with Crippen LogP contribution in [0.3, 0.4) is 0 Å². The highest BCUT2D eigenvalue weighted by Crippen LogP contribution is 2.29. The van der Waals surface area contributed by atoms with Crippen molar-refractivity contribution in [3.8, 4) is 0 Å². The second-order valence-electron chi connectivity index (χ2n) is 6.37. The molecule has 1 atom stereocenters. The summed E-state index contributed by atoms with van der Waals surface area (Å²) in [5, 5.41) is 6.89. The smallest absolute Gasteiger partial charge is 0.0897 e. The summed E-state index contributed by atoms with van der Waals surface area (Å²) in [6.07, 6.45) is 1.15. The topological polar surface area (TPSA) is 37.4 Å². The molecule has 1 aromatic rings. The van der Waals surface area contributed by atoms with Crippen LogP contribution in [0.1, 0.15) is 31.0 Å². The lowest BCUT2D eigenvalue weighted by molar-refractivity contribution is 0.114. The van der Waals surface area contributed by atoms with Crippen molar-refractivity contribution in [1.82, 2.24) is 15.2 Å². The van der Waals surface area contributed by atoms with E-state index in [9.17, 15) is 0 Å². The van der Waals surface area contributed by atoms with Gasteiger partial charge in [0.05, 0.1) is 17.3 Å². The van der Waals surface area contributed by atoms with Crippen LogP contribution in [0.4, 0.5) is 0 Å². The first-order chi connectivity index (χ1) is 9.49. The molecule has 1 N–H and O–H groups in total. The lowest BCUT2D eigenvalue weighted by atomic mass is 9.86. The molecule has 0 bridgehead atoms. The van der Waals surface area contributed by atoms with E-state index in [1.165, 1.54) is 5.69 Å². The largest absolute Gasteiger partial charge is 0.381 e. The maximum atomic E-state index is 5.67. The number of aromatic nitrogens is 1. The fourth-order valence-corrected chi connectivity index (χ4v) is 3.38. The Bertz CT molecular complexity index is 413. The molecule has 0 aromatic carbocycles. The molecule has 2 rings (SSSR count). The van der Waals surface area contributed by atoms with E-state index in [1.807, 2.05) is 0 Å². The van der Waals surface area contributed by atoms with Crippen molar-refractivity contribution in [2.24, 2.45) is 5.41 Å². The second-order valence-corrected chi connectivity index (χ2v) is 7.43. The first-order valence-electron chi connectivity index (χ1n) is 7.40. The summed E-state index contributed by atoms with van der Waals surface area (Å²) in [6, 6.07) is 0.527. The lowest BCUT2D eigenvalue weighted by Crippen LogP contribution is -2.45. The first kappa shape index (κ1) is 15.9. The number of aryl methyl sites for hydroxylation is 1. The van der Waals surface area contributed by atoms with Gasteiger partial charge in [-0.15, -0.1) is 11.3 Å². The van der Waals surface area contributed by atoms with Gasteiger partial charge in [0.1, 0.15) is 0 Å². The minimum Gasteiger partial charge on any atom is -0.381 e. The van der Waals surface area contributed by atoms with Crippen LogP contribution in [0.15, 0.2) is 5.38 Å². The Hall–Kier alpha value is -0.490. The normalized spacial score (nSPS) is 23.1. The van der Waals surface area contributed by atoms with Crippen LogP contribution >= 0.6 is 11.3 Å². The monoisotopic (exact) mass is 297 g/mol. The molecule has 1 unspecified atom stereocenters. The van der Waals surface area contributed by atoms with Gasteiger partial charge in [0, 0.05) is 43.1 Å².